The number of nitriles is 1. The highest BCUT2D eigenvalue weighted by Gasteiger charge is 2.33. The van der Waals surface area contributed by atoms with Crippen LogP contribution in [0.4, 0.5) is 0 Å². The Morgan fingerprint density at radius 2 is 1.72 bits per heavy atom. The van der Waals surface area contributed by atoms with E-state index in [9.17, 15) is 4.79 Å². The molecule has 5 nitrogen and oxygen atoms in total. The molecule has 0 unspecified atom stereocenters. The quantitative estimate of drug-likeness (QED) is 0.630. The predicted molar refractivity (Wildman–Crippen MR) is 125 cm³/mol. The normalized spacial score (nSPS) is 19.7. The summed E-state index contributed by atoms with van der Waals surface area (Å²) in [5.41, 5.74) is 3.00. The molecule has 5 heteroatoms. The molecule has 1 amide bonds. The predicted octanol–water partition coefficient (Wildman–Crippen LogP) is 4.16. The number of benzene rings is 2. The maximum atomic E-state index is 12.7. The van der Waals surface area contributed by atoms with Gasteiger partial charge >= 0.3 is 0 Å². The number of carbonyl (C=O) groups excluding carboxylic acids is 1. The molecule has 168 valence electrons. The van der Waals surface area contributed by atoms with E-state index in [0.29, 0.717) is 30.7 Å². The molecule has 2 aliphatic rings. The van der Waals surface area contributed by atoms with Crippen molar-refractivity contribution in [3.05, 3.63) is 71.3 Å². The molecule has 2 heterocycles. The van der Waals surface area contributed by atoms with Gasteiger partial charge in [0.05, 0.1) is 24.8 Å². The molecule has 0 bridgehead atoms. The standard InChI is InChI=1S/C27H33N3O2/c28-19-23-10-8-22(9-11-23)12-13-27(31)29-17-14-25(15-18-29)30-16-4-7-26(30)21-32-20-24-5-2-1-3-6-24/h1-3,5-6,8-11,25-26H,4,7,12-18,20-21H2/t26-/m0/s1. The van der Waals surface area contributed by atoms with Gasteiger partial charge in [0.15, 0.2) is 0 Å². The molecule has 0 aromatic heterocycles. The van der Waals surface area contributed by atoms with Crippen LogP contribution in [0.1, 0.15) is 48.8 Å². The highest BCUT2D eigenvalue weighted by atomic mass is 16.5. The number of hydrogen-bond donors (Lipinski definition) is 0. The summed E-state index contributed by atoms with van der Waals surface area (Å²) in [4.78, 5) is 17.4. The van der Waals surface area contributed by atoms with Gasteiger partial charge in [-0.25, -0.2) is 0 Å². The Morgan fingerprint density at radius 3 is 2.44 bits per heavy atom. The molecule has 32 heavy (non-hydrogen) atoms. The summed E-state index contributed by atoms with van der Waals surface area (Å²) in [6.45, 7) is 4.32. The minimum absolute atomic E-state index is 0.247. The van der Waals surface area contributed by atoms with E-state index in [1.165, 1.54) is 18.4 Å². The van der Waals surface area contributed by atoms with E-state index in [2.05, 4.69) is 35.2 Å². The summed E-state index contributed by atoms with van der Waals surface area (Å²) in [6.07, 6.45) is 5.82. The molecule has 1 atom stereocenters. The van der Waals surface area contributed by atoms with Gasteiger partial charge in [0.2, 0.25) is 5.91 Å². The van der Waals surface area contributed by atoms with Crippen LogP contribution >= 0.6 is 0 Å². The Kier molecular flexibility index (Phi) is 7.92. The van der Waals surface area contributed by atoms with Crippen LogP contribution in [-0.2, 0) is 22.6 Å². The van der Waals surface area contributed by atoms with E-state index in [-0.39, 0.29) is 5.91 Å². The number of amides is 1. The number of rotatable bonds is 8. The Labute approximate surface area is 191 Å². The second kappa shape index (κ2) is 11.3. The first kappa shape index (κ1) is 22.5. The maximum absolute atomic E-state index is 12.7. The van der Waals surface area contributed by atoms with Crippen LogP contribution in [0.3, 0.4) is 0 Å². The van der Waals surface area contributed by atoms with Gasteiger partial charge in [-0.1, -0.05) is 42.5 Å². The highest BCUT2D eigenvalue weighted by molar-refractivity contribution is 5.76. The van der Waals surface area contributed by atoms with Crippen molar-refractivity contribution in [2.75, 3.05) is 26.2 Å². The lowest BCUT2D eigenvalue weighted by atomic mass is 10.0. The van der Waals surface area contributed by atoms with Gasteiger partial charge in [-0.05, 0) is 61.9 Å². The molecule has 0 radical (unpaired) electrons. The van der Waals surface area contributed by atoms with Gasteiger partial charge in [0, 0.05) is 31.6 Å². The molecule has 0 N–H and O–H groups in total. The topological polar surface area (TPSA) is 56.6 Å². The Balaban J connectivity index is 1.19. The van der Waals surface area contributed by atoms with Crippen molar-refractivity contribution < 1.29 is 9.53 Å². The zero-order valence-corrected chi connectivity index (χ0v) is 18.8. The first-order valence-corrected chi connectivity index (χ1v) is 11.9. The van der Waals surface area contributed by atoms with Crippen LogP contribution in [0, 0.1) is 11.3 Å². The summed E-state index contributed by atoms with van der Waals surface area (Å²) >= 11 is 0. The van der Waals surface area contributed by atoms with E-state index in [1.807, 2.05) is 35.2 Å². The molecular formula is C27H33N3O2. The fraction of sp³-hybridized carbons (Fsp3) is 0.481. The zero-order chi connectivity index (χ0) is 22.2. The number of hydrogen-bond acceptors (Lipinski definition) is 4. The summed E-state index contributed by atoms with van der Waals surface area (Å²) < 4.78 is 6.05. The van der Waals surface area contributed by atoms with Crippen LogP contribution in [0.15, 0.2) is 54.6 Å². The Morgan fingerprint density at radius 1 is 0.969 bits per heavy atom. The van der Waals surface area contributed by atoms with Crippen molar-refractivity contribution in [3.8, 4) is 6.07 Å². The first-order valence-electron chi connectivity index (χ1n) is 11.9. The number of nitrogens with zero attached hydrogens (tertiary/aromatic N) is 3. The van der Waals surface area contributed by atoms with Crippen molar-refractivity contribution in [3.63, 3.8) is 0 Å². The number of piperidine rings is 1. The third kappa shape index (κ3) is 5.97. The van der Waals surface area contributed by atoms with E-state index in [1.54, 1.807) is 0 Å². The fourth-order valence-electron chi connectivity index (χ4n) is 5.01. The molecule has 2 saturated heterocycles. The van der Waals surface area contributed by atoms with E-state index in [4.69, 9.17) is 10.00 Å². The van der Waals surface area contributed by atoms with Crippen molar-refractivity contribution >= 4 is 5.91 Å². The summed E-state index contributed by atoms with van der Waals surface area (Å²) in [5.74, 6) is 0.247. The molecule has 0 spiro atoms. The van der Waals surface area contributed by atoms with Gasteiger partial charge in [-0.15, -0.1) is 0 Å². The van der Waals surface area contributed by atoms with Crippen LogP contribution < -0.4 is 0 Å². The molecule has 2 fully saturated rings. The molecular weight excluding hydrogens is 398 g/mol. The molecule has 2 aromatic carbocycles. The van der Waals surface area contributed by atoms with Crippen LogP contribution in [0.2, 0.25) is 0 Å². The SMILES string of the molecule is N#Cc1ccc(CCC(=O)N2CCC(N3CCC[C@H]3COCc3ccccc3)CC2)cc1. The minimum Gasteiger partial charge on any atom is -0.375 e. The van der Waals surface area contributed by atoms with Crippen LogP contribution in [0.25, 0.3) is 0 Å². The van der Waals surface area contributed by atoms with Gasteiger partial charge in [-0.2, -0.15) is 5.26 Å². The van der Waals surface area contributed by atoms with Gasteiger partial charge in [0.1, 0.15) is 0 Å². The van der Waals surface area contributed by atoms with Crippen LogP contribution in [0.5, 0.6) is 0 Å². The Bertz CT molecular complexity index is 899. The third-order valence-electron chi connectivity index (χ3n) is 6.84. The number of carbonyl (C=O) groups is 1. The molecule has 0 saturated carbocycles. The van der Waals surface area contributed by atoms with Crippen molar-refractivity contribution in [1.29, 1.82) is 5.26 Å². The van der Waals surface area contributed by atoms with Crippen molar-refractivity contribution in [1.82, 2.24) is 9.80 Å². The molecule has 2 aliphatic heterocycles. The highest BCUT2D eigenvalue weighted by Crippen LogP contribution is 2.27. The second-order valence-electron chi connectivity index (χ2n) is 8.96. The number of aryl methyl sites for hydroxylation is 1. The number of ether oxygens (including phenoxy) is 1. The summed E-state index contributed by atoms with van der Waals surface area (Å²) in [6, 6.07) is 21.1. The lowest BCUT2D eigenvalue weighted by molar-refractivity contribution is -0.132. The number of likely N-dealkylation sites (tertiary alicyclic amines) is 2. The third-order valence-corrected chi connectivity index (χ3v) is 6.84. The van der Waals surface area contributed by atoms with E-state index >= 15 is 0 Å². The minimum atomic E-state index is 0.247. The lowest BCUT2D eigenvalue weighted by Crippen LogP contribution is -2.49. The summed E-state index contributed by atoms with van der Waals surface area (Å²) in [7, 11) is 0. The van der Waals surface area contributed by atoms with Gasteiger partial charge in [0.25, 0.3) is 0 Å². The second-order valence-corrected chi connectivity index (χ2v) is 8.96. The van der Waals surface area contributed by atoms with Gasteiger partial charge < -0.3 is 9.64 Å². The monoisotopic (exact) mass is 431 g/mol. The van der Waals surface area contributed by atoms with E-state index in [0.717, 1.165) is 51.1 Å². The zero-order valence-electron chi connectivity index (χ0n) is 18.8. The lowest BCUT2D eigenvalue weighted by Gasteiger charge is -2.39. The van der Waals surface area contributed by atoms with Crippen molar-refractivity contribution in [2.45, 2.75) is 57.2 Å². The average Bonchev–Trinajstić information content (AvgIpc) is 3.32. The smallest absolute Gasteiger partial charge is 0.222 e. The molecule has 4 rings (SSSR count). The maximum Gasteiger partial charge on any atom is 0.222 e. The van der Waals surface area contributed by atoms with Crippen molar-refractivity contribution in [2.24, 2.45) is 0 Å². The van der Waals surface area contributed by atoms with Crippen LogP contribution in [-0.4, -0.2) is 54.0 Å². The van der Waals surface area contributed by atoms with Gasteiger partial charge in [-0.3, -0.25) is 9.69 Å². The Hall–Kier alpha value is -2.68. The molecule has 0 aliphatic carbocycles. The fourth-order valence-corrected chi connectivity index (χ4v) is 5.01. The molecule has 2 aromatic rings. The first-order chi connectivity index (χ1) is 15.7. The summed E-state index contributed by atoms with van der Waals surface area (Å²) in [5, 5.41) is 8.90. The largest absolute Gasteiger partial charge is 0.375 e. The average molecular weight is 432 g/mol. The van der Waals surface area contributed by atoms with E-state index < -0.39 is 0 Å².